The van der Waals surface area contributed by atoms with Crippen molar-refractivity contribution in [2.24, 2.45) is 5.92 Å². The van der Waals surface area contributed by atoms with Gasteiger partial charge in [0.2, 0.25) is 5.91 Å². The average Bonchev–Trinajstić information content (AvgIpc) is 3.16. The monoisotopic (exact) mass is 329 g/mol. The first-order valence-corrected chi connectivity index (χ1v) is 8.88. The van der Waals surface area contributed by atoms with Gasteiger partial charge in [-0.1, -0.05) is 30.3 Å². The Morgan fingerprint density at radius 1 is 1.30 bits per heavy atom. The molecule has 0 aliphatic carbocycles. The molecule has 4 nitrogen and oxygen atoms in total. The Labute approximate surface area is 141 Å². The average molecular weight is 329 g/mol. The number of thiazole rings is 1. The molecule has 122 valence electrons. The van der Waals surface area contributed by atoms with E-state index in [9.17, 15) is 4.79 Å². The van der Waals surface area contributed by atoms with Crippen LogP contribution in [-0.4, -0.2) is 29.5 Å². The van der Waals surface area contributed by atoms with Gasteiger partial charge in [-0.05, 0) is 27.2 Å². The highest BCUT2D eigenvalue weighted by Crippen LogP contribution is 2.31. The third-order valence-electron chi connectivity index (χ3n) is 3.89. The van der Waals surface area contributed by atoms with Gasteiger partial charge in [0, 0.05) is 29.6 Å². The van der Waals surface area contributed by atoms with Gasteiger partial charge in [0.1, 0.15) is 0 Å². The summed E-state index contributed by atoms with van der Waals surface area (Å²) in [7, 11) is 0. The molecule has 1 amide bonds. The summed E-state index contributed by atoms with van der Waals surface area (Å²) >= 11 is 1.65. The lowest BCUT2D eigenvalue weighted by Gasteiger charge is -2.23. The highest BCUT2D eigenvalue weighted by Gasteiger charge is 2.31. The zero-order valence-corrected chi connectivity index (χ0v) is 14.7. The van der Waals surface area contributed by atoms with Crippen molar-refractivity contribution in [1.82, 2.24) is 10.3 Å². The first kappa shape index (κ1) is 16.0. The summed E-state index contributed by atoms with van der Waals surface area (Å²) in [6.45, 7) is 7.70. The lowest BCUT2D eigenvalue weighted by molar-refractivity contribution is -0.125. The van der Waals surface area contributed by atoms with E-state index >= 15 is 0 Å². The van der Waals surface area contributed by atoms with E-state index in [4.69, 9.17) is 4.98 Å². The number of hydrogen-bond acceptors (Lipinski definition) is 4. The van der Waals surface area contributed by atoms with E-state index in [0.717, 1.165) is 35.9 Å². The second-order valence-corrected chi connectivity index (χ2v) is 7.89. The van der Waals surface area contributed by atoms with Crippen molar-refractivity contribution in [3.63, 3.8) is 0 Å². The summed E-state index contributed by atoms with van der Waals surface area (Å²) in [5, 5.41) is 6.18. The van der Waals surface area contributed by atoms with E-state index in [2.05, 4.69) is 27.7 Å². The number of rotatable bonds is 3. The van der Waals surface area contributed by atoms with Crippen LogP contribution in [0.4, 0.5) is 5.13 Å². The van der Waals surface area contributed by atoms with Crippen LogP contribution in [0.2, 0.25) is 0 Å². The number of nitrogens with zero attached hydrogens (tertiary/aromatic N) is 2. The number of carbonyl (C=O) groups is 1. The maximum absolute atomic E-state index is 12.3. The Bertz CT molecular complexity index is 675. The number of nitrogens with one attached hydrogen (secondary N) is 1. The van der Waals surface area contributed by atoms with Crippen LogP contribution in [0.15, 0.2) is 35.7 Å². The van der Waals surface area contributed by atoms with E-state index in [-0.39, 0.29) is 17.4 Å². The summed E-state index contributed by atoms with van der Waals surface area (Å²) in [4.78, 5) is 19.3. The largest absolute Gasteiger partial charge is 0.351 e. The molecule has 1 aromatic heterocycles. The number of amides is 1. The third kappa shape index (κ3) is 3.91. The van der Waals surface area contributed by atoms with Gasteiger partial charge in [-0.25, -0.2) is 4.98 Å². The van der Waals surface area contributed by atoms with Crippen LogP contribution < -0.4 is 10.2 Å². The Morgan fingerprint density at radius 2 is 2.04 bits per heavy atom. The van der Waals surface area contributed by atoms with Crippen molar-refractivity contribution in [2.75, 3.05) is 18.0 Å². The van der Waals surface area contributed by atoms with Crippen LogP contribution in [0.3, 0.4) is 0 Å². The van der Waals surface area contributed by atoms with Crippen molar-refractivity contribution >= 4 is 22.4 Å². The van der Waals surface area contributed by atoms with E-state index in [1.165, 1.54) is 0 Å². The van der Waals surface area contributed by atoms with Crippen LogP contribution in [0.1, 0.15) is 27.2 Å². The van der Waals surface area contributed by atoms with Gasteiger partial charge >= 0.3 is 0 Å². The van der Waals surface area contributed by atoms with Gasteiger partial charge in [-0.15, -0.1) is 11.3 Å². The number of anilines is 1. The number of aromatic nitrogens is 1. The second kappa shape index (κ2) is 6.32. The van der Waals surface area contributed by atoms with Crippen LogP contribution in [-0.2, 0) is 4.79 Å². The molecule has 2 aromatic rings. The van der Waals surface area contributed by atoms with Crippen molar-refractivity contribution in [2.45, 2.75) is 32.7 Å². The van der Waals surface area contributed by atoms with Crippen molar-refractivity contribution in [1.29, 1.82) is 0 Å². The van der Waals surface area contributed by atoms with Gasteiger partial charge in [-0.3, -0.25) is 4.79 Å². The minimum atomic E-state index is -0.174. The summed E-state index contributed by atoms with van der Waals surface area (Å²) in [6.07, 6.45) is 0.891. The van der Waals surface area contributed by atoms with Crippen LogP contribution in [0.25, 0.3) is 11.3 Å². The first-order valence-electron chi connectivity index (χ1n) is 8.00. The minimum absolute atomic E-state index is 0.0540. The highest BCUT2D eigenvalue weighted by molar-refractivity contribution is 7.14. The van der Waals surface area contributed by atoms with Gasteiger partial charge in [0.15, 0.2) is 5.13 Å². The van der Waals surface area contributed by atoms with E-state index in [1.807, 2.05) is 39.0 Å². The predicted octanol–water partition coefficient (Wildman–Crippen LogP) is 3.55. The topological polar surface area (TPSA) is 45.2 Å². The number of hydrogen-bond donors (Lipinski definition) is 1. The van der Waals surface area contributed by atoms with Crippen LogP contribution in [0, 0.1) is 5.92 Å². The molecule has 1 aliphatic heterocycles. The summed E-state index contributed by atoms with van der Waals surface area (Å²) < 4.78 is 0. The Balaban J connectivity index is 1.66. The molecule has 2 heterocycles. The van der Waals surface area contributed by atoms with E-state index in [0.29, 0.717) is 0 Å². The lowest BCUT2D eigenvalue weighted by Crippen LogP contribution is -2.44. The predicted molar refractivity (Wildman–Crippen MR) is 95.8 cm³/mol. The maximum atomic E-state index is 12.3. The van der Waals surface area contributed by atoms with Crippen LogP contribution >= 0.6 is 11.3 Å². The van der Waals surface area contributed by atoms with Crippen molar-refractivity contribution in [3.8, 4) is 11.3 Å². The van der Waals surface area contributed by atoms with Crippen molar-refractivity contribution < 1.29 is 4.79 Å². The zero-order chi connectivity index (χ0) is 16.4. The Morgan fingerprint density at radius 3 is 2.74 bits per heavy atom. The fraction of sp³-hybridized carbons (Fsp3) is 0.444. The highest BCUT2D eigenvalue weighted by atomic mass is 32.1. The van der Waals surface area contributed by atoms with Gasteiger partial charge < -0.3 is 10.2 Å². The summed E-state index contributed by atoms with van der Waals surface area (Å²) in [5.74, 6) is 0.207. The molecule has 23 heavy (non-hydrogen) atoms. The molecule has 0 radical (unpaired) electrons. The molecule has 1 aromatic carbocycles. The molecule has 1 unspecified atom stereocenters. The van der Waals surface area contributed by atoms with Gasteiger partial charge in [0.05, 0.1) is 11.6 Å². The van der Waals surface area contributed by atoms with Gasteiger partial charge in [-0.2, -0.15) is 0 Å². The molecule has 1 N–H and O–H groups in total. The molecule has 0 spiro atoms. The number of carbonyl (C=O) groups excluding carboxylic acids is 1. The molecule has 1 saturated heterocycles. The fourth-order valence-electron chi connectivity index (χ4n) is 2.77. The minimum Gasteiger partial charge on any atom is -0.351 e. The Kier molecular flexibility index (Phi) is 4.39. The maximum Gasteiger partial charge on any atom is 0.225 e. The smallest absolute Gasteiger partial charge is 0.225 e. The molecule has 0 saturated carbocycles. The number of benzene rings is 1. The summed E-state index contributed by atoms with van der Waals surface area (Å²) in [5.41, 5.74) is 1.97. The second-order valence-electron chi connectivity index (χ2n) is 7.05. The molecule has 1 fully saturated rings. The summed E-state index contributed by atoms with van der Waals surface area (Å²) in [6, 6.07) is 10.2. The normalized spacial score (nSPS) is 18.2. The van der Waals surface area contributed by atoms with Crippen molar-refractivity contribution in [3.05, 3.63) is 35.7 Å². The molecule has 0 bridgehead atoms. The third-order valence-corrected chi connectivity index (χ3v) is 4.79. The SMILES string of the molecule is CC(C)(C)NC(=O)C1CCN(c2nc(-c3ccccc3)cs2)C1. The van der Waals surface area contributed by atoms with Crippen LogP contribution in [0.5, 0.6) is 0 Å². The Hall–Kier alpha value is -1.88. The fourth-order valence-corrected chi connectivity index (χ4v) is 3.64. The van der Waals surface area contributed by atoms with Gasteiger partial charge in [0.25, 0.3) is 0 Å². The van der Waals surface area contributed by atoms with E-state index in [1.54, 1.807) is 11.3 Å². The lowest BCUT2D eigenvalue weighted by atomic mass is 10.0. The molecule has 1 atom stereocenters. The molecular weight excluding hydrogens is 306 g/mol. The standard InChI is InChI=1S/C18H23N3OS/c1-18(2,3)20-16(22)14-9-10-21(11-14)17-19-15(12-23-17)13-7-5-4-6-8-13/h4-8,12,14H,9-11H2,1-3H3,(H,20,22). The molecule has 5 heteroatoms. The molecule has 1 aliphatic rings. The van der Waals surface area contributed by atoms with E-state index < -0.39 is 0 Å². The quantitative estimate of drug-likeness (QED) is 0.936. The first-order chi connectivity index (χ1) is 10.9. The molecule has 3 rings (SSSR count). The zero-order valence-electron chi connectivity index (χ0n) is 13.9. The molecular formula is C18H23N3OS.